The van der Waals surface area contributed by atoms with Crippen LogP contribution in [0.5, 0.6) is 0 Å². The summed E-state index contributed by atoms with van der Waals surface area (Å²) < 4.78 is 25.2. The number of carbonyl (C=O) groups excluding carboxylic acids is 1. The van der Waals surface area contributed by atoms with Crippen LogP contribution in [0.4, 0.5) is 5.95 Å². The number of aromatic nitrogens is 2. The molecule has 1 N–H and O–H groups in total. The van der Waals surface area contributed by atoms with Crippen LogP contribution < -0.4 is 10.2 Å². The van der Waals surface area contributed by atoms with E-state index in [1.165, 1.54) is 12.8 Å². The maximum absolute atomic E-state index is 12.7. The van der Waals surface area contributed by atoms with E-state index in [2.05, 4.69) is 15.3 Å². The molecule has 0 bridgehead atoms. The first-order chi connectivity index (χ1) is 12.5. The molecule has 7 nitrogen and oxygen atoms in total. The van der Waals surface area contributed by atoms with Crippen molar-refractivity contribution in [2.75, 3.05) is 30.3 Å². The quantitative estimate of drug-likeness (QED) is 0.815. The molecule has 142 valence electrons. The van der Waals surface area contributed by atoms with E-state index in [1.807, 2.05) is 11.8 Å². The predicted molar refractivity (Wildman–Crippen MR) is 98.5 cm³/mol. The highest BCUT2D eigenvalue weighted by molar-refractivity contribution is 7.92. The van der Waals surface area contributed by atoms with Gasteiger partial charge in [-0.1, -0.05) is 6.92 Å². The standard InChI is InChI=1S/C18H26N4O3S/c1-2-12-7-20-18(21-8-12)22-10-15-14(17(23)19-9-13-3-4-13)5-6-26(24,25)16(15)11-22/h7-8,13-16H,2-6,9-11H2,1H3,(H,19,23)/t14-,15+,16+/m0/s1. The number of fused-ring (bicyclic) bond motifs is 1. The summed E-state index contributed by atoms with van der Waals surface area (Å²) in [5, 5.41) is 2.54. The van der Waals surface area contributed by atoms with Crippen molar-refractivity contribution in [1.29, 1.82) is 0 Å². The molecule has 2 aliphatic heterocycles. The molecule has 3 fully saturated rings. The maximum atomic E-state index is 12.7. The van der Waals surface area contributed by atoms with Gasteiger partial charge in [0, 0.05) is 43.9 Å². The highest BCUT2D eigenvalue weighted by atomic mass is 32.2. The number of amides is 1. The van der Waals surface area contributed by atoms with Gasteiger partial charge in [0.05, 0.1) is 11.0 Å². The molecule has 4 rings (SSSR count). The van der Waals surface area contributed by atoms with Gasteiger partial charge in [-0.25, -0.2) is 18.4 Å². The summed E-state index contributed by atoms with van der Waals surface area (Å²) in [7, 11) is -3.18. The topological polar surface area (TPSA) is 92.3 Å². The number of hydrogen-bond acceptors (Lipinski definition) is 6. The van der Waals surface area contributed by atoms with Gasteiger partial charge < -0.3 is 10.2 Å². The third-order valence-corrected chi connectivity index (χ3v) is 8.21. The summed E-state index contributed by atoms with van der Waals surface area (Å²) in [6.07, 6.45) is 7.23. The molecule has 2 saturated heterocycles. The molecular weight excluding hydrogens is 352 g/mol. The van der Waals surface area contributed by atoms with E-state index in [4.69, 9.17) is 0 Å². The van der Waals surface area contributed by atoms with Gasteiger partial charge in [0.25, 0.3) is 0 Å². The number of carbonyl (C=O) groups is 1. The minimum Gasteiger partial charge on any atom is -0.356 e. The molecule has 26 heavy (non-hydrogen) atoms. The highest BCUT2D eigenvalue weighted by Gasteiger charge is 2.51. The smallest absolute Gasteiger partial charge is 0.225 e. The predicted octanol–water partition coefficient (Wildman–Crippen LogP) is 0.805. The molecule has 8 heteroatoms. The third kappa shape index (κ3) is 3.43. The Hall–Kier alpha value is -1.70. The Bertz CT molecular complexity index is 776. The summed E-state index contributed by atoms with van der Waals surface area (Å²) in [6, 6.07) is 0. The fourth-order valence-corrected chi connectivity index (χ4v) is 6.20. The van der Waals surface area contributed by atoms with Crippen LogP contribution in [-0.2, 0) is 21.1 Å². The van der Waals surface area contributed by atoms with E-state index < -0.39 is 15.1 Å². The molecule has 1 saturated carbocycles. The third-order valence-electron chi connectivity index (χ3n) is 5.98. The Morgan fingerprint density at radius 3 is 2.62 bits per heavy atom. The van der Waals surface area contributed by atoms with Gasteiger partial charge in [0.1, 0.15) is 0 Å². The van der Waals surface area contributed by atoms with Crippen molar-refractivity contribution in [2.45, 2.75) is 37.9 Å². The Morgan fingerprint density at radius 2 is 1.96 bits per heavy atom. The first-order valence-corrected chi connectivity index (χ1v) is 11.2. The molecule has 1 aromatic rings. The number of aryl methyl sites for hydroxylation is 1. The van der Waals surface area contributed by atoms with E-state index in [9.17, 15) is 13.2 Å². The number of hydrogen-bond donors (Lipinski definition) is 1. The lowest BCUT2D eigenvalue weighted by atomic mass is 9.87. The SMILES string of the molecule is CCc1cnc(N2C[C@@H]3[C@@H](C(=O)NCC4CC4)CCS(=O)(=O)[C@@H]3C2)nc1. The number of rotatable bonds is 5. The van der Waals surface area contributed by atoms with Crippen LogP contribution in [0.3, 0.4) is 0 Å². The summed E-state index contributed by atoms with van der Waals surface area (Å²) in [4.78, 5) is 23.4. The van der Waals surface area contributed by atoms with Gasteiger partial charge in [-0.05, 0) is 37.2 Å². The molecular formula is C18H26N4O3S. The van der Waals surface area contributed by atoms with E-state index in [0.717, 1.165) is 18.5 Å². The van der Waals surface area contributed by atoms with Crippen LogP contribution in [0, 0.1) is 17.8 Å². The lowest BCUT2D eigenvalue weighted by molar-refractivity contribution is -0.126. The van der Waals surface area contributed by atoms with Crippen molar-refractivity contribution in [1.82, 2.24) is 15.3 Å². The lowest BCUT2D eigenvalue weighted by Crippen LogP contribution is -2.47. The molecule has 3 aliphatic rings. The molecule has 1 amide bonds. The fourth-order valence-electron chi connectivity index (χ4n) is 4.10. The van der Waals surface area contributed by atoms with Crippen LogP contribution in [0.1, 0.15) is 31.7 Å². The Kier molecular flexibility index (Phi) is 4.62. The normalized spacial score (nSPS) is 30.0. The molecule has 1 aromatic heterocycles. The minimum atomic E-state index is -3.18. The molecule has 3 heterocycles. The maximum Gasteiger partial charge on any atom is 0.225 e. The molecule has 0 radical (unpaired) electrons. The van der Waals surface area contributed by atoms with Gasteiger partial charge in [-0.3, -0.25) is 4.79 Å². The monoisotopic (exact) mass is 378 g/mol. The molecule has 0 unspecified atom stereocenters. The van der Waals surface area contributed by atoms with Crippen molar-refractivity contribution in [3.05, 3.63) is 18.0 Å². The zero-order valence-electron chi connectivity index (χ0n) is 15.1. The molecule has 0 aromatic carbocycles. The van der Waals surface area contributed by atoms with Crippen molar-refractivity contribution in [2.24, 2.45) is 17.8 Å². The summed E-state index contributed by atoms with van der Waals surface area (Å²) in [5.41, 5.74) is 1.05. The molecule has 1 aliphatic carbocycles. The second-order valence-corrected chi connectivity index (χ2v) is 10.1. The summed E-state index contributed by atoms with van der Waals surface area (Å²) in [5.74, 6) is 0.881. The van der Waals surface area contributed by atoms with Crippen molar-refractivity contribution < 1.29 is 13.2 Å². The van der Waals surface area contributed by atoms with Crippen molar-refractivity contribution in [3.63, 3.8) is 0 Å². The largest absolute Gasteiger partial charge is 0.356 e. The van der Waals surface area contributed by atoms with E-state index in [1.54, 1.807) is 12.4 Å². The zero-order valence-corrected chi connectivity index (χ0v) is 15.9. The minimum absolute atomic E-state index is 0.0194. The molecule has 0 spiro atoms. The zero-order chi connectivity index (χ0) is 18.3. The Balaban J connectivity index is 1.51. The van der Waals surface area contributed by atoms with Crippen LogP contribution in [0.2, 0.25) is 0 Å². The van der Waals surface area contributed by atoms with Crippen LogP contribution in [0.15, 0.2) is 12.4 Å². The van der Waals surface area contributed by atoms with E-state index in [0.29, 0.717) is 31.4 Å². The van der Waals surface area contributed by atoms with Crippen LogP contribution in [-0.4, -0.2) is 54.9 Å². The highest BCUT2D eigenvalue weighted by Crippen LogP contribution is 2.38. The van der Waals surface area contributed by atoms with E-state index in [-0.39, 0.29) is 23.5 Å². The summed E-state index contributed by atoms with van der Waals surface area (Å²) in [6.45, 7) is 3.67. The Morgan fingerprint density at radius 1 is 1.23 bits per heavy atom. The second kappa shape index (κ2) is 6.79. The van der Waals surface area contributed by atoms with Crippen LogP contribution in [0.25, 0.3) is 0 Å². The lowest BCUT2D eigenvalue weighted by Gasteiger charge is -2.31. The van der Waals surface area contributed by atoms with Gasteiger partial charge in [-0.15, -0.1) is 0 Å². The second-order valence-electron chi connectivity index (χ2n) is 7.80. The summed E-state index contributed by atoms with van der Waals surface area (Å²) >= 11 is 0. The van der Waals surface area contributed by atoms with Gasteiger partial charge >= 0.3 is 0 Å². The van der Waals surface area contributed by atoms with Crippen molar-refractivity contribution in [3.8, 4) is 0 Å². The van der Waals surface area contributed by atoms with Gasteiger partial charge in [0.2, 0.25) is 11.9 Å². The van der Waals surface area contributed by atoms with Gasteiger partial charge in [-0.2, -0.15) is 0 Å². The molecule has 3 atom stereocenters. The number of sulfone groups is 1. The first kappa shape index (κ1) is 17.7. The average Bonchev–Trinajstić information content (AvgIpc) is 3.36. The number of nitrogens with zero attached hydrogens (tertiary/aromatic N) is 3. The van der Waals surface area contributed by atoms with Crippen LogP contribution >= 0.6 is 0 Å². The number of nitrogens with one attached hydrogen (secondary N) is 1. The Labute approximate surface area is 154 Å². The fraction of sp³-hybridized carbons (Fsp3) is 0.722. The van der Waals surface area contributed by atoms with Crippen molar-refractivity contribution >= 4 is 21.7 Å². The van der Waals surface area contributed by atoms with Gasteiger partial charge in [0.15, 0.2) is 9.84 Å². The first-order valence-electron chi connectivity index (χ1n) is 9.53. The van der Waals surface area contributed by atoms with E-state index >= 15 is 0 Å². The average molecular weight is 378 g/mol. The number of anilines is 1.